The van der Waals surface area contributed by atoms with Crippen molar-refractivity contribution in [2.24, 2.45) is 0 Å². The number of amides is 2. The van der Waals surface area contributed by atoms with Crippen LogP contribution >= 0.6 is 11.8 Å². The van der Waals surface area contributed by atoms with E-state index in [1.807, 2.05) is 0 Å². The van der Waals surface area contributed by atoms with Gasteiger partial charge < -0.3 is 4.57 Å². The van der Waals surface area contributed by atoms with E-state index in [-0.39, 0.29) is 11.8 Å². The molecule has 1 aliphatic carbocycles. The molecule has 2 heterocycles. The number of carbonyl (C=O) groups is 2. The van der Waals surface area contributed by atoms with Crippen LogP contribution in [0, 0.1) is 0 Å². The average molecular weight is 328 g/mol. The predicted octanol–water partition coefficient (Wildman–Crippen LogP) is 2.39. The van der Waals surface area contributed by atoms with Gasteiger partial charge in [-0.2, -0.15) is 0 Å². The molecule has 1 fully saturated rings. The number of aromatic nitrogens is 3. The van der Waals surface area contributed by atoms with E-state index in [0.717, 1.165) is 17.3 Å². The zero-order valence-corrected chi connectivity index (χ0v) is 13.3. The largest absolute Gasteiger partial charge is 0.306 e. The molecule has 0 bridgehead atoms. The van der Waals surface area contributed by atoms with E-state index in [4.69, 9.17) is 0 Å². The molecule has 0 spiro atoms. The van der Waals surface area contributed by atoms with Crippen LogP contribution in [0.25, 0.3) is 0 Å². The Hall–Kier alpha value is -2.15. The summed E-state index contributed by atoms with van der Waals surface area (Å²) in [6, 6.07) is 7.55. The Labute approximate surface area is 137 Å². The van der Waals surface area contributed by atoms with Gasteiger partial charge in [-0.15, -0.1) is 10.2 Å². The van der Waals surface area contributed by atoms with Crippen molar-refractivity contribution in [3.63, 3.8) is 0 Å². The zero-order chi connectivity index (χ0) is 15.8. The predicted molar refractivity (Wildman–Crippen MR) is 85.4 cm³/mol. The molecule has 118 valence electrons. The van der Waals surface area contributed by atoms with E-state index in [2.05, 4.69) is 14.8 Å². The van der Waals surface area contributed by atoms with Crippen LogP contribution in [0.4, 0.5) is 0 Å². The Bertz CT molecular complexity index is 734. The van der Waals surface area contributed by atoms with Gasteiger partial charge in [0.15, 0.2) is 5.16 Å². The molecule has 4 rings (SSSR count). The van der Waals surface area contributed by atoms with E-state index in [9.17, 15) is 9.59 Å². The Balaban J connectivity index is 1.33. The van der Waals surface area contributed by atoms with Gasteiger partial charge in [-0.05, 0) is 31.4 Å². The van der Waals surface area contributed by atoms with Crippen molar-refractivity contribution < 1.29 is 9.59 Å². The first-order chi connectivity index (χ1) is 11.3. The normalized spacial score (nSPS) is 17.0. The first kappa shape index (κ1) is 14.4. The number of imide groups is 1. The van der Waals surface area contributed by atoms with Crippen LogP contribution in [0.3, 0.4) is 0 Å². The van der Waals surface area contributed by atoms with Gasteiger partial charge >= 0.3 is 0 Å². The lowest BCUT2D eigenvalue weighted by atomic mass is 10.1. The summed E-state index contributed by atoms with van der Waals surface area (Å²) >= 11 is 1.63. The number of thioether (sulfide) groups is 1. The second kappa shape index (κ2) is 5.81. The monoisotopic (exact) mass is 328 g/mol. The number of nitrogens with zero attached hydrogens (tertiary/aromatic N) is 4. The van der Waals surface area contributed by atoms with Gasteiger partial charge in [0.1, 0.15) is 6.33 Å². The molecule has 2 aromatic rings. The molecule has 1 saturated carbocycles. The van der Waals surface area contributed by atoms with Crippen molar-refractivity contribution in [3.05, 3.63) is 41.7 Å². The molecule has 0 radical (unpaired) electrons. The van der Waals surface area contributed by atoms with Crippen molar-refractivity contribution in [3.8, 4) is 0 Å². The minimum absolute atomic E-state index is 0.184. The first-order valence-electron chi connectivity index (χ1n) is 7.73. The number of hydrogen-bond donors (Lipinski definition) is 0. The van der Waals surface area contributed by atoms with Crippen molar-refractivity contribution in [2.75, 3.05) is 12.3 Å². The van der Waals surface area contributed by atoms with Crippen molar-refractivity contribution in [1.29, 1.82) is 0 Å². The van der Waals surface area contributed by atoms with E-state index in [1.54, 1.807) is 42.4 Å². The summed E-state index contributed by atoms with van der Waals surface area (Å²) in [5.41, 5.74) is 1.03. The second-order valence-electron chi connectivity index (χ2n) is 5.76. The van der Waals surface area contributed by atoms with Crippen LogP contribution in [-0.4, -0.2) is 43.8 Å². The highest BCUT2D eigenvalue weighted by atomic mass is 32.2. The topological polar surface area (TPSA) is 68.1 Å². The molecule has 6 nitrogen and oxygen atoms in total. The summed E-state index contributed by atoms with van der Waals surface area (Å²) in [5, 5.41) is 9.03. The molecule has 23 heavy (non-hydrogen) atoms. The van der Waals surface area contributed by atoms with Crippen LogP contribution in [0.15, 0.2) is 35.7 Å². The number of fused-ring (bicyclic) bond motifs is 1. The highest BCUT2D eigenvalue weighted by molar-refractivity contribution is 7.99. The average Bonchev–Trinajstić information content (AvgIpc) is 3.27. The summed E-state index contributed by atoms with van der Waals surface area (Å²) in [6.07, 6.45) is 4.92. The fraction of sp³-hybridized carbons (Fsp3) is 0.375. The molecular weight excluding hydrogens is 312 g/mol. The summed E-state index contributed by atoms with van der Waals surface area (Å²) < 4.78 is 2.12. The van der Waals surface area contributed by atoms with E-state index in [0.29, 0.717) is 23.7 Å². The van der Waals surface area contributed by atoms with Crippen LogP contribution in [0.2, 0.25) is 0 Å². The standard InChI is InChI=1S/C16H16N4O2S/c21-14-12-4-1-2-5-13(12)15(22)19(14)8-3-9-23-16-18-17-10-20(16)11-6-7-11/h1-2,4-5,10-11H,3,6-9H2. The Kier molecular flexibility index (Phi) is 3.65. The number of hydrogen-bond acceptors (Lipinski definition) is 5. The van der Waals surface area contributed by atoms with E-state index >= 15 is 0 Å². The molecule has 0 saturated heterocycles. The van der Waals surface area contributed by atoms with Gasteiger partial charge in [0, 0.05) is 18.3 Å². The third kappa shape index (κ3) is 2.65. The van der Waals surface area contributed by atoms with Crippen molar-refractivity contribution in [1.82, 2.24) is 19.7 Å². The van der Waals surface area contributed by atoms with E-state index in [1.165, 1.54) is 17.7 Å². The van der Waals surface area contributed by atoms with Gasteiger partial charge in [-0.3, -0.25) is 14.5 Å². The minimum Gasteiger partial charge on any atom is -0.306 e. The fourth-order valence-electron chi connectivity index (χ4n) is 2.77. The minimum atomic E-state index is -0.184. The molecule has 0 atom stereocenters. The maximum absolute atomic E-state index is 12.3. The molecule has 0 unspecified atom stereocenters. The lowest BCUT2D eigenvalue weighted by Crippen LogP contribution is -2.31. The zero-order valence-electron chi connectivity index (χ0n) is 12.5. The number of carbonyl (C=O) groups excluding carboxylic acids is 2. The van der Waals surface area contributed by atoms with Gasteiger partial charge in [0.25, 0.3) is 11.8 Å². The maximum Gasteiger partial charge on any atom is 0.261 e. The lowest BCUT2D eigenvalue weighted by molar-refractivity contribution is 0.0655. The lowest BCUT2D eigenvalue weighted by Gasteiger charge is -2.13. The third-order valence-electron chi connectivity index (χ3n) is 4.12. The summed E-state index contributed by atoms with van der Waals surface area (Å²) in [4.78, 5) is 25.9. The van der Waals surface area contributed by atoms with Crippen LogP contribution in [-0.2, 0) is 0 Å². The van der Waals surface area contributed by atoms with Crippen molar-refractivity contribution >= 4 is 23.6 Å². The van der Waals surface area contributed by atoms with Crippen molar-refractivity contribution in [2.45, 2.75) is 30.5 Å². The molecule has 7 heteroatoms. The second-order valence-corrected chi connectivity index (χ2v) is 6.82. The molecule has 2 amide bonds. The van der Waals surface area contributed by atoms with Gasteiger partial charge in [0.05, 0.1) is 11.1 Å². The van der Waals surface area contributed by atoms with Crippen LogP contribution < -0.4 is 0 Å². The molecule has 1 aromatic heterocycles. The maximum atomic E-state index is 12.3. The summed E-state index contributed by atoms with van der Waals surface area (Å²) in [6.45, 7) is 0.441. The smallest absolute Gasteiger partial charge is 0.261 e. The molecular formula is C16H16N4O2S. The number of rotatable bonds is 6. The van der Waals surface area contributed by atoms with Gasteiger partial charge in [0.2, 0.25) is 0 Å². The highest BCUT2D eigenvalue weighted by Crippen LogP contribution is 2.37. The van der Waals surface area contributed by atoms with E-state index < -0.39 is 0 Å². The Morgan fingerprint density at radius 1 is 1.13 bits per heavy atom. The van der Waals surface area contributed by atoms with Gasteiger partial charge in [-0.1, -0.05) is 23.9 Å². The fourth-order valence-corrected chi connectivity index (χ4v) is 3.67. The Morgan fingerprint density at radius 3 is 2.48 bits per heavy atom. The quantitative estimate of drug-likeness (QED) is 0.463. The highest BCUT2D eigenvalue weighted by Gasteiger charge is 2.34. The van der Waals surface area contributed by atoms with Gasteiger partial charge in [-0.25, -0.2) is 0 Å². The molecule has 1 aliphatic heterocycles. The molecule has 0 N–H and O–H groups in total. The summed E-state index contributed by atoms with van der Waals surface area (Å²) in [5.74, 6) is 0.437. The first-order valence-corrected chi connectivity index (χ1v) is 8.72. The SMILES string of the molecule is O=C1c2ccccc2C(=O)N1CCCSc1nncn1C1CC1. The molecule has 1 aromatic carbocycles. The molecule has 2 aliphatic rings. The third-order valence-corrected chi connectivity index (χ3v) is 5.16. The van der Waals surface area contributed by atoms with Crippen LogP contribution in [0.5, 0.6) is 0 Å². The van der Waals surface area contributed by atoms with Crippen LogP contribution in [0.1, 0.15) is 46.0 Å². The Morgan fingerprint density at radius 2 is 1.83 bits per heavy atom. The number of benzene rings is 1. The summed E-state index contributed by atoms with van der Waals surface area (Å²) in [7, 11) is 0.